The predicted octanol–water partition coefficient (Wildman–Crippen LogP) is 3.01. The van der Waals surface area contributed by atoms with Gasteiger partial charge in [-0.05, 0) is 37.0 Å². The van der Waals surface area contributed by atoms with Crippen molar-refractivity contribution < 1.29 is 14.3 Å². The van der Waals surface area contributed by atoms with Crippen molar-refractivity contribution >= 4 is 22.6 Å². The number of allylic oxidation sites excluding steroid dienone is 1. The number of hydrogen-bond acceptors (Lipinski definition) is 4. The molecule has 1 fully saturated rings. The van der Waals surface area contributed by atoms with Gasteiger partial charge in [0.1, 0.15) is 6.10 Å². The number of hydrogen-bond donors (Lipinski definition) is 1. The number of aromatic amines is 1. The molecule has 154 valence electrons. The maximum Gasteiger partial charge on any atom is 0.291 e. The Morgan fingerprint density at radius 1 is 1.20 bits per heavy atom. The Bertz CT molecular complexity index is 1090. The molecule has 2 aliphatic heterocycles. The summed E-state index contributed by atoms with van der Waals surface area (Å²) in [5.74, 6) is -1.28. The third-order valence-electron chi connectivity index (χ3n) is 6.13. The Balaban J connectivity index is 1.47. The molecule has 1 aromatic carbocycles. The fourth-order valence-electron chi connectivity index (χ4n) is 4.73. The lowest BCUT2D eigenvalue weighted by molar-refractivity contribution is -0.141. The van der Waals surface area contributed by atoms with Gasteiger partial charge in [0.25, 0.3) is 5.91 Å². The minimum atomic E-state index is -0.529. The van der Waals surface area contributed by atoms with Crippen LogP contribution in [0.3, 0.4) is 0 Å². The first-order valence-electron chi connectivity index (χ1n) is 10.4. The molecule has 5 rings (SSSR count). The zero-order valence-electron chi connectivity index (χ0n) is 16.6. The summed E-state index contributed by atoms with van der Waals surface area (Å²) < 4.78 is 7.91. The third kappa shape index (κ3) is 3.20. The van der Waals surface area contributed by atoms with E-state index >= 15 is 0 Å². The van der Waals surface area contributed by atoms with Crippen LogP contribution in [0.4, 0.5) is 0 Å². The number of likely N-dealkylation sites (tertiary alicyclic amines) is 1. The summed E-state index contributed by atoms with van der Waals surface area (Å²) in [7, 11) is 0. The van der Waals surface area contributed by atoms with E-state index in [1.807, 2.05) is 47.3 Å². The van der Waals surface area contributed by atoms with Crippen LogP contribution < -0.4 is 0 Å². The highest BCUT2D eigenvalue weighted by molar-refractivity contribution is 6.41. The SMILES string of the molecule is O=C1C(=O)N(CCCn2ccnc2)C(C2CCC=CO2)C1c1c[nH]c2ccccc12. The molecule has 7 nitrogen and oxygen atoms in total. The minimum Gasteiger partial charge on any atom is -0.496 e. The summed E-state index contributed by atoms with van der Waals surface area (Å²) in [5, 5.41) is 0.986. The number of aromatic nitrogens is 3. The Labute approximate surface area is 174 Å². The number of carbonyl (C=O) groups excluding carboxylic acids is 2. The second kappa shape index (κ2) is 7.82. The second-order valence-electron chi connectivity index (χ2n) is 7.90. The van der Waals surface area contributed by atoms with E-state index in [9.17, 15) is 9.59 Å². The molecule has 0 aliphatic carbocycles. The summed E-state index contributed by atoms with van der Waals surface area (Å²) in [5.41, 5.74) is 1.85. The van der Waals surface area contributed by atoms with Crippen molar-refractivity contribution in [2.24, 2.45) is 0 Å². The molecule has 0 saturated carbocycles. The van der Waals surface area contributed by atoms with Gasteiger partial charge in [-0.25, -0.2) is 4.98 Å². The van der Waals surface area contributed by atoms with Crippen LogP contribution in [0.5, 0.6) is 0 Å². The summed E-state index contributed by atoms with van der Waals surface area (Å²) in [6, 6.07) is 7.59. The zero-order chi connectivity index (χ0) is 20.5. The number of rotatable bonds is 6. The number of nitrogens with one attached hydrogen (secondary N) is 1. The number of para-hydroxylation sites is 1. The van der Waals surface area contributed by atoms with Gasteiger partial charge >= 0.3 is 0 Å². The standard InChI is InChI=1S/C23H24N4O3/c28-22-20(17-14-25-18-7-2-1-6-16(17)18)21(19-8-3-4-13-30-19)27(23(22)29)11-5-10-26-12-9-24-15-26/h1-2,4,6-7,9,12-15,19-21,25H,3,5,8,10-11H2. The van der Waals surface area contributed by atoms with Crippen LogP contribution in [0.25, 0.3) is 10.9 Å². The highest BCUT2D eigenvalue weighted by atomic mass is 16.5. The molecule has 2 aliphatic rings. The molecule has 1 N–H and O–H groups in total. The van der Waals surface area contributed by atoms with Gasteiger partial charge in [-0.2, -0.15) is 0 Å². The van der Waals surface area contributed by atoms with Crippen molar-refractivity contribution in [3.8, 4) is 0 Å². The van der Waals surface area contributed by atoms with Gasteiger partial charge in [-0.15, -0.1) is 0 Å². The first-order chi connectivity index (χ1) is 14.7. The molecule has 30 heavy (non-hydrogen) atoms. The lowest BCUT2D eigenvalue weighted by Gasteiger charge is -2.34. The minimum absolute atomic E-state index is 0.197. The number of ether oxygens (including phenoxy) is 1. The van der Waals surface area contributed by atoms with Crippen LogP contribution in [-0.2, 0) is 20.9 Å². The third-order valence-corrected chi connectivity index (χ3v) is 6.13. The topological polar surface area (TPSA) is 80.2 Å². The van der Waals surface area contributed by atoms with Crippen molar-refractivity contribution in [1.82, 2.24) is 19.4 Å². The molecule has 1 amide bonds. The van der Waals surface area contributed by atoms with Crippen molar-refractivity contribution in [2.75, 3.05) is 6.54 Å². The summed E-state index contributed by atoms with van der Waals surface area (Å²) in [6.07, 6.45) is 13.2. The van der Waals surface area contributed by atoms with Crippen LogP contribution in [-0.4, -0.2) is 49.8 Å². The first-order valence-corrected chi connectivity index (χ1v) is 10.4. The zero-order valence-corrected chi connectivity index (χ0v) is 16.6. The lowest BCUT2D eigenvalue weighted by atomic mass is 9.85. The number of H-pyrrole nitrogens is 1. The Morgan fingerprint density at radius 3 is 2.90 bits per heavy atom. The van der Waals surface area contributed by atoms with Crippen LogP contribution in [0, 0.1) is 0 Å². The molecular formula is C23H24N4O3. The Hall–Kier alpha value is -3.35. The van der Waals surface area contributed by atoms with Gasteiger partial charge in [0.2, 0.25) is 5.78 Å². The van der Waals surface area contributed by atoms with Crippen molar-refractivity contribution in [3.05, 3.63) is 67.1 Å². The van der Waals surface area contributed by atoms with Gasteiger partial charge in [0, 0.05) is 42.6 Å². The number of fused-ring (bicyclic) bond motifs is 1. The lowest BCUT2D eigenvalue weighted by Crippen LogP contribution is -2.45. The number of benzene rings is 1. The van der Waals surface area contributed by atoms with E-state index in [-0.39, 0.29) is 17.9 Å². The monoisotopic (exact) mass is 404 g/mol. The number of imidazole rings is 1. The van der Waals surface area contributed by atoms with Crippen LogP contribution in [0.2, 0.25) is 0 Å². The van der Waals surface area contributed by atoms with E-state index in [1.165, 1.54) is 0 Å². The second-order valence-corrected chi connectivity index (χ2v) is 7.90. The number of ketones is 1. The largest absolute Gasteiger partial charge is 0.496 e. The van der Waals surface area contributed by atoms with Gasteiger partial charge in [-0.3, -0.25) is 9.59 Å². The molecule has 7 heteroatoms. The molecule has 3 unspecified atom stereocenters. The molecule has 3 atom stereocenters. The average Bonchev–Trinajstić information content (AvgIpc) is 3.50. The molecule has 0 radical (unpaired) electrons. The quantitative estimate of drug-likeness (QED) is 0.641. The predicted molar refractivity (Wildman–Crippen MR) is 112 cm³/mol. The molecule has 3 aromatic rings. The summed E-state index contributed by atoms with van der Waals surface area (Å²) >= 11 is 0. The van der Waals surface area contributed by atoms with Gasteiger partial charge < -0.3 is 19.2 Å². The maximum atomic E-state index is 13.2. The molecule has 0 bridgehead atoms. The van der Waals surface area contributed by atoms with E-state index in [2.05, 4.69) is 9.97 Å². The molecule has 2 aromatic heterocycles. The van der Waals surface area contributed by atoms with E-state index in [4.69, 9.17) is 4.74 Å². The molecular weight excluding hydrogens is 380 g/mol. The van der Waals surface area contributed by atoms with Crippen molar-refractivity contribution in [2.45, 2.75) is 43.9 Å². The normalized spacial score (nSPS) is 24.0. The smallest absolute Gasteiger partial charge is 0.291 e. The van der Waals surface area contributed by atoms with Crippen LogP contribution in [0.1, 0.15) is 30.7 Å². The average molecular weight is 404 g/mol. The molecule has 0 spiro atoms. The van der Waals surface area contributed by atoms with Crippen molar-refractivity contribution in [1.29, 1.82) is 0 Å². The van der Waals surface area contributed by atoms with Crippen LogP contribution in [0.15, 0.2) is 61.5 Å². The number of nitrogens with zero attached hydrogens (tertiary/aromatic N) is 3. The molecule has 4 heterocycles. The maximum absolute atomic E-state index is 13.2. The van der Waals surface area contributed by atoms with Gasteiger partial charge in [-0.1, -0.05) is 18.2 Å². The first kappa shape index (κ1) is 18.7. The van der Waals surface area contributed by atoms with Crippen molar-refractivity contribution in [3.63, 3.8) is 0 Å². The summed E-state index contributed by atoms with van der Waals surface area (Å²) in [4.78, 5) is 35.3. The van der Waals surface area contributed by atoms with Gasteiger partial charge in [0.05, 0.1) is 24.5 Å². The van der Waals surface area contributed by atoms with E-state index in [1.54, 1.807) is 23.7 Å². The number of amides is 1. The van der Waals surface area contributed by atoms with Gasteiger partial charge in [0.15, 0.2) is 0 Å². The van der Waals surface area contributed by atoms with E-state index in [0.29, 0.717) is 6.54 Å². The summed E-state index contributed by atoms with van der Waals surface area (Å²) in [6.45, 7) is 1.25. The number of aryl methyl sites for hydroxylation is 1. The number of carbonyl (C=O) groups is 2. The van der Waals surface area contributed by atoms with Crippen LogP contribution >= 0.6 is 0 Å². The van der Waals surface area contributed by atoms with E-state index in [0.717, 1.165) is 42.3 Å². The fourth-order valence-corrected chi connectivity index (χ4v) is 4.73. The fraction of sp³-hybridized carbons (Fsp3) is 0.348. The van der Waals surface area contributed by atoms with E-state index < -0.39 is 11.8 Å². The Kier molecular flexibility index (Phi) is 4.86. The highest BCUT2D eigenvalue weighted by Gasteiger charge is 2.52. The molecule has 1 saturated heterocycles. The number of Topliss-reactive ketones (excluding diaryl/α,β-unsaturated/α-hetero) is 1. The Morgan fingerprint density at radius 2 is 2.10 bits per heavy atom. The highest BCUT2D eigenvalue weighted by Crippen LogP contribution is 2.39.